The van der Waals surface area contributed by atoms with E-state index in [1.54, 1.807) is 0 Å². The third kappa shape index (κ3) is 4.77. The van der Waals surface area contributed by atoms with Gasteiger partial charge in [0.2, 0.25) is 5.89 Å². The molecule has 1 saturated heterocycles. The number of ether oxygens (including phenoxy) is 1. The zero-order valence-corrected chi connectivity index (χ0v) is 20.9. The van der Waals surface area contributed by atoms with E-state index in [2.05, 4.69) is 10.1 Å². The van der Waals surface area contributed by atoms with E-state index in [4.69, 9.17) is 9.26 Å². The minimum atomic E-state index is -4.74. The van der Waals surface area contributed by atoms with Crippen molar-refractivity contribution >= 4 is 15.7 Å². The standard InChI is InChI=1S/C22H23F6N3O5S/c1-11(21(23,24)25)35-15-6-5-13(37(4,33)34)7-14(15)16(32)31-9-12-8-20(12,10-31)17-29-18(36-30-17)19(2,3)22(26,27)28/h5-7,11-12H,8-10H2,1-4H3. The molecular weight excluding hydrogens is 532 g/mol. The van der Waals surface area contributed by atoms with Crippen LogP contribution in [0.3, 0.4) is 0 Å². The number of alkyl halides is 6. The van der Waals surface area contributed by atoms with Crippen LogP contribution in [-0.4, -0.2) is 67.2 Å². The molecule has 1 aromatic heterocycles. The normalized spacial score (nSPS) is 23.1. The molecule has 3 atom stereocenters. The number of benzene rings is 1. The van der Waals surface area contributed by atoms with Crippen molar-refractivity contribution in [1.82, 2.24) is 15.0 Å². The van der Waals surface area contributed by atoms with E-state index in [9.17, 15) is 39.6 Å². The predicted octanol–water partition coefficient (Wildman–Crippen LogP) is 4.06. The van der Waals surface area contributed by atoms with Crippen molar-refractivity contribution < 1.29 is 48.8 Å². The predicted molar refractivity (Wildman–Crippen MR) is 115 cm³/mol. The quantitative estimate of drug-likeness (QED) is 0.496. The third-order valence-corrected chi connectivity index (χ3v) is 8.03. The number of halogens is 6. The molecule has 2 aromatic rings. The molecule has 2 aliphatic rings. The molecule has 1 aromatic carbocycles. The van der Waals surface area contributed by atoms with Crippen LogP contribution < -0.4 is 4.74 Å². The Morgan fingerprint density at radius 1 is 1.22 bits per heavy atom. The minimum Gasteiger partial charge on any atom is -0.480 e. The van der Waals surface area contributed by atoms with Gasteiger partial charge < -0.3 is 14.2 Å². The van der Waals surface area contributed by atoms with Gasteiger partial charge in [-0.2, -0.15) is 31.3 Å². The van der Waals surface area contributed by atoms with Crippen molar-refractivity contribution in [3.8, 4) is 5.75 Å². The van der Waals surface area contributed by atoms with Crippen molar-refractivity contribution in [2.45, 2.75) is 61.4 Å². The molecule has 0 bridgehead atoms. The molecule has 2 fully saturated rings. The second-order valence-electron chi connectivity index (χ2n) is 10.0. The summed E-state index contributed by atoms with van der Waals surface area (Å²) in [6.45, 7) is 2.61. The maximum Gasteiger partial charge on any atom is 0.425 e. The Bertz CT molecular complexity index is 1340. The summed E-state index contributed by atoms with van der Waals surface area (Å²) in [4.78, 5) is 18.3. The molecule has 3 unspecified atom stereocenters. The van der Waals surface area contributed by atoms with Crippen molar-refractivity contribution in [1.29, 1.82) is 0 Å². The first-order valence-corrected chi connectivity index (χ1v) is 12.9. The number of fused-ring (bicyclic) bond motifs is 1. The highest BCUT2D eigenvalue weighted by Gasteiger charge is 2.65. The van der Waals surface area contributed by atoms with Gasteiger partial charge in [-0.05, 0) is 51.3 Å². The molecule has 1 aliphatic carbocycles. The summed E-state index contributed by atoms with van der Waals surface area (Å²) in [5.74, 6) is -2.08. The molecule has 1 amide bonds. The van der Waals surface area contributed by atoms with E-state index in [1.165, 1.54) is 4.90 Å². The van der Waals surface area contributed by atoms with Gasteiger partial charge in [0.25, 0.3) is 5.91 Å². The number of piperidine rings is 1. The lowest BCUT2D eigenvalue weighted by Crippen LogP contribution is -2.37. The first kappa shape index (κ1) is 27.2. The summed E-state index contributed by atoms with van der Waals surface area (Å²) in [5.41, 5.74) is -3.66. The van der Waals surface area contributed by atoms with Crippen LogP contribution in [0.1, 0.15) is 49.3 Å². The Kier molecular flexibility index (Phi) is 6.13. The number of carbonyl (C=O) groups is 1. The number of carbonyl (C=O) groups excluding carboxylic acids is 1. The lowest BCUT2D eigenvalue weighted by molar-refractivity contribution is -0.189. The van der Waals surface area contributed by atoms with Gasteiger partial charge in [0.1, 0.15) is 11.2 Å². The molecule has 0 radical (unpaired) electrons. The van der Waals surface area contributed by atoms with Crippen LogP contribution in [0.4, 0.5) is 26.3 Å². The highest BCUT2D eigenvalue weighted by molar-refractivity contribution is 7.90. The van der Waals surface area contributed by atoms with Gasteiger partial charge in [0.05, 0.1) is 15.9 Å². The largest absolute Gasteiger partial charge is 0.480 e. The summed E-state index contributed by atoms with van der Waals surface area (Å²) >= 11 is 0. The van der Waals surface area contributed by atoms with Gasteiger partial charge >= 0.3 is 12.4 Å². The summed E-state index contributed by atoms with van der Waals surface area (Å²) < 4.78 is 113. The average Bonchev–Trinajstić information content (AvgIpc) is 3.12. The van der Waals surface area contributed by atoms with Crippen LogP contribution >= 0.6 is 0 Å². The monoisotopic (exact) mass is 555 g/mol. The van der Waals surface area contributed by atoms with Gasteiger partial charge in [-0.25, -0.2) is 8.42 Å². The van der Waals surface area contributed by atoms with E-state index < -0.39 is 56.7 Å². The molecule has 0 N–H and O–H groups in total. The van der Waals surface area contributed by atoms with Crippen molar-refractivity contribution in [2.75, 3.05) is 19.3 Å². The Balaban J connectivity index is 1.62. The van der Waals surface area contributed by atoms with Crippen LogP contribution in [0.2, 0.25) is 0 Å². The van der Waals surface area contributed by atoms with Gasteiger partial charge in [-0.3, -0.25) is 4.79 Å². The fourth-order valence-corrected chi connectivity index (χ4v) is 4.87. The van der Waals surface area contributed by atoms with Crippen molar-refractivity contribution in [2.24, 2.45) is 5.92 Å². The Hall–Kier alpha value is -2.84. The average molecular weight is 555 g/mol. The SMILES string of the molecule is CC(Oc1ccc(S(C)(=O)=O)cc1C(=O)N1CC2CC2(c2noc(C(C)(C)C(F)(F)F)n2)C1)C(F)(F)F. The molecular formula is C22H23F6N3O5S. The fraction of sp³-hybridized carbons (Fsp3) is 0.591. The highest BCUT2D eigenvalue weighted by Crippen LogP contribution is 2.58. The van der Waals surface area contributed by atoms with Crippen LogP contribution in [0, 0.1) is 5.92 Å². The summed E-state index contributed by atoms with van der Waals surface area (Å²) in [5, 5.41) is 3.74. The number of sulfone groups is 1. The van der Waals surface area contributed by atoms with Crippen LogP contribution in [0.25, 0.3) is 0 Å². The summed E-state index contributed by atoms with van der Waals surface area (Å²) in [6, 6.07) is 2.98. The van der Waals surface area contributed by atoms with E-state index in [0.29, 0.717) is 6.42 Å². The lowest BCUT2D eigenvalue weighted by Gasteiger charge is -2.24. The molecule has 37 heavy (non-hydrogen) atoms. The summed E-state index contributed by atoms with van der Waals surface area (Å²) in [6.07, 6.45) is -10.3. The second kappa shape index (κ2) is 8.33. The molecule has 1 aliphatic heterocycles. The topological polar surface area (TPSA) is 103 Å². The number of nitrogens with zero attached hydrogens (tertiary/aromatic N) is 3. The van der Waals surface area contributed by atoms with E-state index in [1.807, 2.05) is 0 Å². The van der Waals surface area contributed by atoms with Gasteiger partial charge in [-0.15, -0.1) is 0 Å². The zero-order chi connectivity index (χ0) is 27.8. The summed E-state index contributed by atoms with van der Waals surface area (Å²) in [7, 11) is -3.81. The number of hydrogen-bond acceptors (Lipinski definition) is 7. The molecule has 204 valence electrons. The number of likely N-dealkylation sites (tertiary alicyclic amines) is 1. The molecule has 2 heterocycles. The van der Waals surface area contributed by atoms with E-state index in [0.717, 1.165) is 45.2 Å². The van der Waals surface area contributed by atoms with Crippen LogP contribution in [0.15, 0.2) is 27.6 Å². The molecule has 4 rings (SSSR count). The van der Waals surface area contributed by atoms with E-state index in [-0.39, 0.29) is 35.3 Å². The lowest BCUT2D eigenvalue weighted by atomic mass is 9.92. The maximum absolute atomic E-state index is 13.4. The Morgan fingerprint density at radius 3 is 2.43 bits per heavy atom. The van der Waals surface area contributed by atoms with Gasteiger partial charge in [0.15, 0.2) is 21.8 Å². The van der Waals surface area contributed by atoms with E-state index >= 15 is 0 Å². The van der Waals surface area contributed by atoms with Crippen molar-refractivity contribution in [3.05, 3.63) is 35.5 Å². The first-order chi connectivity index (χ1) is 16.8. The molecule has 15 heteroatoms. The number of hydrogen-bond donors (Lipinski definition) is 0. The van der Waals surface area contributed by atoms with Gasteiger partial charge in [0, 0.05) is 19.3 Å². The Morgan fingerprint density at radius 2 is 1.86 bits per heavy atom. The smallest absolute Gasteiger partial charge is 0.425 e. The number of amides is 1. The second-order valence-corrected chi connectivity index (χ2v) is 12.0. The minimum absolute atomic E-state index is 0.00665. The first-order valence-electron chi connectivity index (χ1n) is 11.1. The number of aromatic nitrogens is 2. The van der Waals surface area contributed by atoms with Crippen LogP contribution in [0.5, 0.6) is 5.75 Å². The van der Waals surface area contributed by atoms with Crippen LogP contribution in [-0.2, 0) is 20.7 Å². The Labute approximate surface area is 207 Å². The maximum atomic E-state index is 13.4. The molecule has 0 spiro atoms. The van der Waals surface area contributed by atoms with Crippen molar-refractivity contribution in [3.63, 3.8) is 0 Å². The molecule has 8 nitrogen and oxygen atoms in total. The molecule has 1 saturated carbocycles. The third-order valence-electron chi connectivity index (χ3n) is 6.92. The zero-order valence-electron chi connectivity index (χ0n) is 20.1. The number of rotatable bonds is 6. The van der Waals surface area contributed by atoms with Gasteiger partial charge in [-0.1, -0.05) is 5.16 Å². The highest BCUT2D eigenvalue weighted by atomic mass is 32.2. The fourth-order valence-electron chi connectivity index (χ4n) is 4.22.